The van der Waals surface area contributed by atoms with Crippen molar-refractivity contribution in [1.82, 2.24) is 15.5 Å². The summed E-state index contributed by atoms with van der Waals surface area (Å²) in [7, 11) is 0. The molecule has 1 fully saturated rings. The van der Waals surface area contributed by atoms with Gasteiger partial charge in [-0.3, -0.25) is 9.89 Å². The summed E-state index contributed by atoms with van der Waals surface area (Å²) in [6, 6.07) is 5.38. The van der Waals surface area contributed by atoms with Gasteiger partial charge in [-0.2, -0.15) is 23.5 Å². The average Bonchev–Trinajstić information content (AvgIpc) is 3.01. The Morgan fingerprint density at radius 2 is 1.96 bits per heavy atom. The lowest BCUT2D eigenvalue weighted by Crippen LogP contribution is -2.56. The zero-order valence-corrected chi connectivity index (χ0v) is 13.2. The molecule has 10 heteroatoms. The van der Waals surface area contributed by atoms with Crippen LogP contribution in [-0.4, -0.2) is 27.8 Å². The number of benzene rings is 1. The Hall–Kier alpha value is -3.09. The van der Waals surface area contributed by atoms with Crippen LogP contribution in [0, 0.1) is 11.5 Å². The first-order valence-electron chi connectivity index (χ1n) is 7.59. The van der Waals surface area contributed by atoms with E-state index in [1.54, 1.807) is 6.19 Å². The number of rotatable bonds is 4. The van der Waals surface area contributed by atoms with Gasteiger partial charge < -0.3 is 10.6 Å². The van der Waals surface area contributed by atoms with E-state index < -0.39 is 23.3 Å². The van der Waals surface area contributed by atoms with E-state index in [0.29, 0.717) is 11.3 Å². The molecule has 0 aliphatic heterocycles. The molecule has 1 aliphatic carbocycles. The van der Waals surface area contributed by atoms with Gasteiger partial charge in [-0.1, -0.05) is 12.1 Å². The number of nitrogens with zero attached hydrogens (tertiary/aromatic N) is 2. The van der Waals surface area contributed by atoms with Crippen molar-refractivity contribution in [2.24, 2.45) is 0 Å². The Labute approximate surface area is 145 Å². The molecule has 3 N–H and O–H groups in total. The predicted octanol–water partition coefficient (Wildman–Crippen LogP) is 2.98. The van der Waals surface area contributed by atoms with Gasteiger partial charge in [0.05, 0.1) is 11.3 Å². The van der Waals surface area contributed by atoms with E-state index in [9.17, 15) is 22.4 Å². The fourth-order valence-electron chi connectivity index (χ4n) is 2.70. The zero-order valence-electron chi connectivity index (χ0n) is 13.2. The van der Waals surface area contributed by atoms with Crippen LogP contribution in [0.15, 0.2) is 30.3 Å². The number of nitriles is 1. The van der Waals surface area contributed by atoms with Crippen LogP contribution in [0.3, 0.4) is 0 Å². The summed E-state index contributed by atoms with van der Waals surface area (Å²) in [5.41, 5.74) is -2.14. The lowest BCUT2D eigenvalue weighted by molar-refractivity contribution is -0.137. The van der Waals surface area contributed by atoms with Crippen LogP contribution >= 0.6 is 0 Å². The van der Waals surface area contributed by atoms with Gasteiger partial charge in [-0.25, -0.2) is 4.39 Å². The molecular weight excluding hydrogens is 354 g/mol. The van der Waals surface area contributed by atoms with Crippen molar-refractivity contribution >= 4 is 11.7 Å². The Morgan fingerprint density at radius 1 is 1.31 bits per heavy atom. The summed E-state index contributed by atoms with van der Waals surface area (Å²) in [6.45, 7) is 0. The maximum absolute atomic E-state index is 14.3. The highest BCUT2D eigenvalue weighted by molar-refractivity contribution is 5.97. The fourth-order valence-corrected chi connectivity index (χ4v) is 2.70. The smallest absolute Gasteiger partial charge is 0.321 e. The highest BCUT2D eigenvalue weighted by Crippen LogP contribution is 2.37. The number of H-pyrrole nitrogens is 1. The lowest BCUT2D eigenvalue weighted by Gasteiger charge is -2.38. The van der Waals surface area contributed by atoms with Crippen LogP contribution in [0.2, 0.25) is 0 Å². The van der Waals surface area contributed by atoms with Crippen molar-refractivity contribution in [2.45, 2.75) is 30.7 Å². The number of aromatic nitrogens is 2. The highest BCUT2D eigenvalue weighted by atomic mass is 19.4. The molecule has 1 aromatic carbocycles. The van der Waals surface area contributed by atoms with Gasteiger partial charge in [0.25, 0.3) is 5.91 Å². The number of hydrogen-bond acceptors (Lipinski definition) is 4. The standard InChI is InChI=1S/C16H13F4N5O/c17-15(6-11(7-15)22-8-21)14(26)23-13-5-12(24-25-13)9-1-3-10(4-2-9)16(18,19)20/h1-5,11,22H,6-7H2,(H2,23,24,25,26). The van der Waals surface area contributed by atoms with Gasteiger partial charge in [0, 0.05) is 30.5 Å². The molecular formula is C16H13F4N5O. The summed E-state index contributed by atoms with van der Waals surface area (Å²) >= 11 is 0. The lowest BCUT2D eigenvalue weighted by atomic mass is 9.76. The summed E-state index contributed by atoms with van der Waals surface area (Å²) in [5.74, 6) is -0.741. The maximum atomic E-state index is 14.3. The van der Waals surface area contributed by atoms with Gasteiger partial charge in [0.15, 0.2) is 11.9 Å². The predicted molar refractivity (Wildman–Crippen MR) is 83.3 cm³/mol. The molecule has 136 valence electrons. The van der Waals surface area contributed by atoms with Crippen molar-refractivity contribution < 1.29 is 22.4 Å². The number of halogens is 4. The molecule has 0 radical (unpaired) electrons. The van der Waals surface area contributed by atoms with E-state index in [0.717, 1.165) is 12.1 Å². The van der Waals surface area contributed by atoms with Crippen LogP contribution < -0.4 is 10.6 Å². The Balaban J connectivity index is 1.65. The third-order valence-corrected chi connectivity index (χ3v) is 4.15. The van der Waals surface area contributed by atoms with Crippen molar-refractivity contribution in [3.05, 3.63) is 35.9 Å². The van der Waals surface area contributed by atoms with Gasteiger partial charge >= 0.3 is 6.18 Å². The molecule has 1 saturated carbocycles. The number of hydrogen-bond donors (Lipinski definition) is 3. The third-order valence-electron chi connectivity index (χ3n) is 4.15. The average molecular weight is 367 g/mol. The number of carbonyl (C=O) groups is 1. The first kappa shape index (κ1) is 17.7. The second-order valence-corrected chi connectivity index (χ2v) is 6.02. The normalized spacial score (nSPS) is 22.2. The van der Waals surface area contributed by atoms with E-state index in [-0.39, 0.29) is 24.7 Å². The van der Waals surface area contributed by atoms with Crippen LogP contribution in [0.25, 0.3) is 11.3 Å². The molecule has 6 nitrogen and oxygen atoms in total. The third kappa shape index (κ3) is 3.46. The van der Waals surface area contributed by atoms with Crippen molar-refractivity contribution in [3.63, 3.8) is 0 Å². The molecule has 1 aromatic heterocycles. The van der Waals surface area contributed by atoms with E-state index in [4.69, 9.17) is 5.26 Å². The fraction of sp³-hybridized carbons (Fsp3) is 0.312. The van der Waals surface area contributed by atoms with Gasteiger partial charge in [-0.15, -0.1) is 0 Å². The molecule has 0 spiro atoms. The van der Waals surface area contributed by atoms with Gasteiger partial charge in [-0.05, 0) is 12.1 Å². The zero-order chi connectivity index (χ0) is 18.9. The van der Waals surface area contributed by atoms with Crippen molar-refractivity contribution in [3.8, 4) is 17.5 Å². The van der Waals surface area contributed by atoms with Crippen molar-refractivity contribution in [1.29, 1.82) is 5.26 Å². The number of anilines is 1. The Bertz CT molecular complexity index is 847. The topological polar surface area (TPSA) is 93.6 Å². The quantitative estimate of drug-likeness (QED) is 0.440. The summed E-state index contributed by atoms with van der Waals surface area (Å²) in [6.07, 6.45) is -2.97. The van der Waals surface area contributed by atoms with Crippen LogP contribution in [0.4, 0.5) is 23.4 Å². The monoisotopic (exact) mass is 367 g/mol. The summed E-state index contributed by atoms with van der Waals surface area (Å²) < 4.78 is 52.1. The highest BCUT2D eigenvalue weighted by Gasteiger charge is 2.51. The van der Waals surface area contributed by atoms with Gasteiger partial charge in [0.1, 0.15) is 5.82 Å². The van der Waals surface area contributed by atoms with Crippen LogP contribution in [0.1, 0.15) is 18.4 Å². The second-order valence-electron chi connectivity index (χ2n) is 6.02. The first-order valence-corrected chi connectivity index (χ1v) is 7.59. The molecule has 3 rings (SSSR count). The molecule has 1 heterocycles. The second kappa shape index (κ2) is 6.33. The molecule has 1 aliphatic rings. The SMILES string of the molecule is N#CNC1CC(F)(C(=O)Nc2cc(-c3ccc(C(F)(F)F)cc3)n[nH]2)C1. The van der Waals surface area contributed by atoms with Crippen LogP contribution in [0.5, 0.6) is 0 Å². The minimum atomic E-state index is -4.43. The van der Waals surface area contributed by atoms with E-state index in [1.165, 1.54) is 18.2 Å². The minimum Gasteiger partial charge on any atom is -0.321 e. The number of aromatic amines is 1. The largest absolute Gasteiger partial charge is 0.416 e. The number of alkyl halides is 4. The number of amides is 1. The molecule has 0 saturated heterocycles. The number of nitrogens with one attached hydrogen (secondary N) is 3. The molecule has 2 aromatic rings. The van der Waals surface area contributed by atoms with E-state index in [2.05, 4.69) is 20.8 Å². The van der Waals surface area contributed by atoms with Crippen LogP contribution in [-0.2, 0) is 11.0 Å². The molecule has 0 bridgehead atoms. The molecule has 0 unspecified atom stereocenters. The van der Waals surface area contributed by atoms with E-state index >= 15 is 0 Å². The number of carbonyl (C=O) groups excluding carboxylic acids is 1. The van der Waals surface area contributed by atoms with E-state index in [1.807, 2.05) is 0 Å². The molecule has 1 amide bonds. The van der Waals surface area contributed by atoms with Crippen molar-refractivity contribution in [2.75, 3.05) is 5.32 Å². The Kier molecular flexibility index (Phi) is 4.31. The Morgan fingerprint density at radius 3 is 2.54 bits per heavy atom. The molecule has 0 atom stereocenters. The first-order chi connectivity index (χ1) is 12.2. The molecule has 26 heavy (non-hydrogen) atoms. The maximum Gasteiger partial charge on any atom is 0.416 e. The minimum absolute atomic E-state index is 0.119. The van der Waals surface area contributed by atoms with Gasteiger partial charge in [0.2, 0.25) is 0 Å². The summed E-state index contributed by atoms with van der Waals surface area (Å²) in [4.78, 5) is 12.0. The summed E-state index contributed by atoms with van der Waals surface area (Å²) in [5, 5.41) is 19.6.